The van der Waals surface area contributed by atoms with E-state index in [1.165, 1.54) is 37.7 Å². The van der Waals surface area contributed by atoms with Crippen molar-refractivity contribution in [3.8, 4) is 0 Å². The zero-order valence-corrected chi connectivity index (χ0v) is 7.92. The van der Waals surface area contributed by atoms with Crippen LogP contribution in [0.1, 0.15) is 39.0 Å². The molecule has 0 spiro atoms. The van der Waals surface area contributed by atoms with Gasteiger partial charge in [-0.15, -0.1) is 0 Å². The summed E-state index contributed by atoms with van der Waals surface area (Å²) in [6.07, 6.45) is 14.4. The lowest BCUT2D eigenvalue weighted by molar-refractivity contribution is 0.319. The van der Waals surface area contributed by atoms with E-state index < -0.39 is 0 Å². The Hall–Kier alpha value is -0.520. The van der Waals surface area contributed by atoms with Gasteiger partial charge in [-0.1, -0.05) is 43.1 Å². The summed E-state index contributed by atoms with van der Waals surface area (Å²) in [6, 6.07) is 0. The quantitative estimate of drug-likeness (QED) is 0.551. The van der Waals surface area contributed by atoms with Gasteiger partial charge in [-0.05, 0) is 31.6 Å². The fourth-order valence-electron chi connectivity index (χ4n) is 2.49. The van der Waals surface area contributed by atoms with E-state index in [0.29, 0.717) is 0 Å². The Morgan fingerprint density at radius 2 is 1.92 bits per heavy atom. The molecule has 0 N–H and O–H groups in total. The predicted octanol–water partition coefficient (Wildman–Crippen LogP) is 3.70. The lowest BCUT2D eigenvalue weighted by Gasteiger charge is -2.25. The molecule has 0 nitrogen and oxygen atoms in total. The maximum Gasteiger partial charge on any atom is -0.00163 e. The Balaban J connectivity index is 1.96. The molecular weight excluding hydrogens is 144 g/mol. The van der Waals surface area contributed by atoms with E-state index in [1.807, 2.05) is 0 Å². The molecule has 12 heavy (non-hydrogen) atoms. The second kappa shape index (κ2) is 3.47. The van der Waals surface area contributed by atoms with Gasteiger partial charge in [0.2, 0.25) is 0 Å². The van der Waals surface area contributed by atoms with E-state index in [2.05, 4.69) is 25.2 Å². The minimum absolute atomic E-state index is 0.783. The van der Waals surface area contributed by atoms with Crippen LogP contribution in [0.4, 0.5) is 0 Å². The first-order valence-electron chi connectivity index (χ1n) is 5.23. The van der Waals surface area contributed by atoms with E-state index in [9.17, 15) is 0 Å². The standard InChI is InChI=1S/C12H18/c1-10-7-8-12(9-10)11-5-3-2-4-6-11/h7-9,11-12H,2-6H2,1H3. The summed E-state index contributed by atoms with van der Waals surface area (Å²) in [7, 11) is 0. The smallest absolute Gasteiger partial charge is 0.00163 e. The molecule has 0 heteroatoms. The number of rotatable bonds is 1. The van der Waals surface area contributed by atoms with Crippen molar-refractivity contribution in [2.45, 2.75) is 39.0 Å². The highest BCUT2D eigenvalue weighted by Crippen LogP contribution is 2.34. The summed E-state index contributed by atoms with van der Waals surface area (Å²) in [5.41, 5.74) is 1.46. The molecule has 2 rings (SSSR count). The Morgan fingerprint density at radius 1 is 1.17 bits per heavy atom. The molecule has 1 fully saturated rings. The first-order chi connectivity index (χ1) is 5.86. The van der Waals surface area contributed by atoms with Gasteiger partial charge in [0, 0.05) is 0 Å². The van der Waals surface area contributed by atoms with Gasteiger partial charge in [-0.2, -0.15) is 0 Å². The van der Waals surface area contributed by atoms with Crippen molar-refractivity contribution < 1.29 is 0 Å². The minimum Gasteiger partial charge on any atom is -0.0771 e. The Bertz CT molecular complexity index is 204. The summed E-state index contributed by atoms with van der Waals surface area (Å²) in [5.74, 6) is 1.75. The van der Waals surface area contributed by atoms with Crippen molar-refractivity contribution in [2.75, 3.05) is 0 Å². The van der Waals surface area contributed by atoms with Crippen LogP contribution >= 0.6 is 0 Å². The molecule has 0 aromatic heterocycles. The number of hydrogen-bond donors (Lipinski definition) is 0. The summed E-state index contributed by atoms with van der Waals surface area (Å²) in [5, 5.41) is 0. The third-order valence-corrected chi connectivity index (χ3v) is 3.23. The van der Waals surface area contributed by atoms with Crippen LogP contribution < -0.4 is 0 Å². The van der Waals surface area contributed by atoms with Crippen LogP contribution in [0.25, 0.3) is 0 Å². The van der Waals surface area contributed by atoms with Crippen molar-refractivity contribution in [3.05, 3.63) is 23.8 Å². The summed E-state index contributed by atoms with van der Waals surface area (Å²) < 4.78 is 0. The average Bonchev–Trinajstić information content (AvgIpc) is 2.54. The van der Waals surface area contributed by atoms with Crippen molar-refractivity contribution in [3.63, 3.8) is 0 Å². The van der Waals surface area contributed by atoms with Gasteiger partial charge < -0.3 is 0 Å². The lowest BCUT2D eigenvalue weighted by atomic mass is 9.81. The number of hydrogen-bond acceptors (Lipinski definition) is 0. The van der Waals surface area contributed by atoms with Crippen molar-refractivity contribution in [1.82, 2.24) is 0 Å². The molecule has 0 aliphatic heterocycles. The molecule has 0 aromatic carbocycles. The molecule has 2 aliphatic rings. The van der Waals surface area contributed by atoms with E-state index >= 15 is 0 Å². The van der Waals surface area contributed by atoms with E-state index in [1.54, 1.807) is 0 Å². The van der Waals surface area contributed by atoms with Gasteiger partial charge in [0.25, 0.3) is 0 Å². The van der Waals surface area contributed by atoms with Crippen molar-refractivity contribution >= 4 is 0 Å². The van der Waals surface area contributed by atoms with Crippen LogP contribution in [0.15, 0.2) is 23.8 Å². The Morgan fingerprint density at radius 3 is 2.50 bits per heavy atom. The zero-order valence-electron chi connectivity index (χ0n) is 7.92. The molecule has 2 aliphatic carbocycles. The fraction of sp³-hybridized carbons (Fsp3) is 0.667. The highest BCUT2D eigenvalue weighted by atomic mass is 14.3. The van der Waals surface area contributed by atoms with Crippen LogP contribution in [-0.4, -0.2) is 0 Å². The van der Waals surface area contributed by atoms with Gasteiger partial charge in [-0.3, -0.25) is 0 Å². The van der Waals surface area contributed by atoms with Crippen LogP contribution in [0.3, 0.4) is 0 Å². The predicted molar refractivity (Wildman–Crippen MR) is 53.0 cm³/mol. The second-order valence-electron chi connectivity index (χ2n) is 4.25. The Labute approximate surface area is 75.4 Å². The van der Waals surface area contributed by atoms with Gasteiger partial charge in [0.1, 0.15) is 0 Å². The fourth-order valence-corrected chi connectivity index (χ4v) is 2.49. The molecule has 0 saturated heterocycles. The first kappa shape index (κ1) is 8.10. The monoisotopic (exact) mass is 162 g/mol. The maximum atomic E-state index is 2.44. The zero-order chi connectivity index (χ0) is 8.39. The second-order valence-corrected chi connectivity index (χ2v) is 4.25. The van der Waals surface area contributed by atoms with Gasteiger partial charge >= 0.3 is 0 Å². The van der Waals surface area contributed by atoms with Gasteiger partial charge in [0.05, 0.1) is 0 Å². The Kier molecular flexibility index (Phi) is 2.34. The molecule has 0 amide bonds. The first-order valence-corrected chi connectivity index (χ1v) is 5.23. The van der Waals surface area contributed by atoms with Crippen LogP contribution in [0.5, 0.6) is 0 Å². The molecule has 0 bridgehead atoms. The highest BCUT2D eigenvalue weighted by molar-refractivity contribution is 5.27. The molecule has 0 heterocycles. The van der Waals surface area contributed by atoms with Crippen LogP contribution in [0.2, 0.25) is 0 Å². The van der Waals surface area contributed by atoms with Crippen molar-refractivity contribution in [2.24, 2.45) is 11.8 Å². The largest absolute Gasteiger partial charge is 0.0771 e. The SMILES string of the molecule is CC1=CC(C2CCCCC2)C=C1. The van der Waals surface area contributed by atoms with Gasteiger partial charge in [-0.25, -0.2) is 0 Å². The minimum atomic E-state index is 0.783. The molecule has 66 valence electrons. The third-order valence-electron chi connectivity index (χ3n) is 3.23. The number of allylic oxidation sites excluding steroid dienone is 4. The van der Waals surface area contributed by atoms with E-state index in [4.69, 9.17) is 0 Å². The molecule has 1 saturated carbocycles. The highest BCUT2D eigenvalue weighted by Gasteiger charge is 2.21. The summed E-state index contributed by atoms with van der Waals surface area (Å²) >= 11 is 0. The maximum absolute atomic E-state index is 2.44. The van der Waals surface area contributed by atoms with Crippen LogP contribution in [0, 0.1) is 11.8 Å². The van der Waals surface area contributed by atoms with E-state index in [-0.39, 0.29) is 0 Å². The summed E-state index contributed by atoms with van der Waals surface area (Å²) in [4.78, 5) is 0. The topological polar surface area (TPSA) is 0 Å². The van der Waals surface area contributed by atoms with Gasteiger partial charge in [0.15, 0.2) is 0 Å². The van der Waals surface area contributed by atoms with Crippen LogP contribution in [-0.2, 0) is 0 Å². The molecule has 0 radical (unpaired) electrons. The van der Waals surface area contributed by atoms with Crippen molar-refractivity contribution in [1.29, 1.82) is 0 Å². The normalized spacial score (nSPS) is 30.8. The molecule has 1 unspecified atom stereocenters. The summed E-state index contributed by atoms with van der Waals surface area (Å²) in [6.45, 7) is 2.21. The molecule has 1 atom stereocenters. The molecular formula is C12H18. The molecule has 0 aromatic rings. The van der Waals surface area contributed by atoms with E-state index in [0.717, 1.165) is 11.8 Å². The average molecular weight is 162 g/mol. The lowest BCUT2D eigenvalue weighted by Crippen LogP contribution is -2.13. The third kappa shape index (κ3) is 1.63.